The van der Waals surface area contributed by atoms with Gasteiger partial charge in [-0.05, 0) is 67.0 Å². The molecule has 1 N–H and O–H groups in total. The summed E-state index contributed by atoms with van der Waals surface area (Å²) in [7, 11) is 0. The van der Waals surface area contributed by atoms with Crippen molar-refractivity contribution in [3.63, 3.8) is 0 Å². The number of ether oxygens (including phenoxy) is 1. The van der Waals surface area contributed by atoms with Gasteiger partial charge < -0.3 is 15.0 Å². The summed E-state index contributed by atoms with van der Waals surface area (Å²) in [5.41, 5.74) is 1.13. The molecule has 2 aromatic heterocycles. The van der Waals surface area contributed by atoms with Crippen LogP contribution >= 0.6 is 11.3 Å². The number of aromatic nitrogens is 2. The van der Waals surface area contributed by atoms with Gasteiger partial charge in [0, 0.05) is 49.8 Å². The maximum atomic E-state index is 14.4. The van der Waals surface area contributed by atoms with Crippen LogP contribution in [0.4, 0.5) is 10.2 Å². The van der Waals surface area contributed by atoms with Crippen LogP contribution in [-0.2, 0) is 4.74 Å². The Bertz CT molecular complexity index is 1080. The van der Waals surface area contributed by atoms with Gasteiger partial charge in [0.25, 0.3) is 0 Å². The van der Waals surface area contributed by atoms with Crippen molar-refractivity contribution in [3.05, 3.63) is 41.5 Å². The molecule has 1 saturated carbocycles. The average molecular weight is 453 g/mol. The molecule has 3 aromatic rings. The van der Waals surface area contributed by atoms with Crippen molar-refractivity contribution in [2.45, 2.75) is 31.7 Å². The first-order valence-electron chi connectivity index (χ1n) is 11.8. The lowest BCUT2D eigenvalue weighted by molar-refractivity contribution is 0.0545. The molecular weight excluding hydrogens is 423 g/mol. The number of nitrogens with one attached hydrogen (secondary N) is 1. The Labute approximate surface area is 192 Å². The largest absolute Gasteiger partial charge is 0.381 e. The number of hydrogen-bond donors (Lipinski definition) is 1. The van der Waals surface area contributed by atoms with Gasteiger partial charge in [0.05, 0.1) is 4.70 Å². The highest BCUT2D eigenvalue weighted by Gasteiger charge is 2.41. The average Bonchev–Trinajstić information content (AvgIpc) is 3.51. The standard InChI is InChI=1S/C25H29FN4OS/c26-22-4-2-1-3-20(22)23-21-7-10-32-24(21)25(29-28-23)27-19-11-17-14-30(15-18(17)12-19)13-16-5-8-31-9-6-16/h1-4,7,10,16-19H,5-6,8-9,11-15H2,(H,27,29)/t17-,18+,19?. The van der Waals surface area contributed by atoms with E-state index in [1.807, 2.05) is 17.5 Å². The second-order valence-corrected chi connectivity index (χ2v) is 10.6. The van der Waals surface area contributed by atoms with Gasteiger partial charge in [-0.2, -0.15) is 0 Å². The van der Waals surface area contributed by atoms with Crippen molar-refractivity contribution in [2.75, 3.05) is 38.2 Å². The zero-order chi connectivity index (χ0) is 21.5. The van der Waals surface area contributed by atoms with Crippen molar-refractivity contribution in [2.24, 2.45) is 17.8 Å². The second kappa shape index (κ2) is 8.69. The molecule has 1 aliphatic carbocycles. The highest BCUT2D eigenvalue weighted by molar-refractivity contribution is 7.17. The molecule has 5 nitrogen and oxygen atoms in total. The van der Waals surface area contributed by atoms with E-state index in [-0.39, 0.29) is 5.82 Å². The molecule has 1 unspecified atom stereocenters. The fraction of sp³-hybridized carbons (Fsp3) is 0.520. The summed E-state index contributed by atoms with van der Waals surface area (Å²) in [5, 5.41) is 15.7. The summed E-state index contributed by atoms with van der Waals surface area (Å²) >= 11 is 1.65. The molecule has 7 heteroatoms. The van der Waals surface area contributed by atoms with E-state index < -0.39 is 0 Å². The summed E-state index contributed by atoms with van der Waals surface area (Å²) in [4.78, 5) is 2.70. The molecule has 6 rings (SSSR count). The van der Waals surface area contributed by atoms with E-state index in [1.165, 1.54) is 51.4 Å². The molecule has 0 amide bonds. The van der Waals surface area contributed by atoms with Gasteiger partial charge in [-0.15, -0.1) is 21.5 Å². The van der Waals surface area contributed by atoms with Gasteiger partial charge in [0.2, 0.25) is 0 Å². The highest BCUT2D eigenvalue weighted by Crippen LogP contribution is 2.41. The number of hydrogen-bond acceptors (Lipinski definition) is 6. The van der Waals surface area contributed by atoms with Gasteiger partial charge in [0.15, 0.2) is 5.82 Å². The lowest BCUT2D eigenvalue weighted by Gasteiger charge is -2.27. The monoisotopic (exact) mass is 452 g/mol. The molecular formula is C25H29FN4OS. The summed E-state index contributed by atoms with van der Waals surface area (Å²) in [6, 6.07) is 9.26. The van der Waals surface area contributed by atoms with Gasteiger partial charge in [-0.1, -0.05) is 12.1 Å². The smallest absolute Gasteiger partial charge is 0.166 e. The molecule has 0 radical (unpaired) electrons. The van der Waals surface area contributed by atoms with Crippen LogP contribution in [0, 0.1) is 23.6 Å². The first-order valence-corrected chi connectivity index (χ1v) is 12.7. The predicted octanol–water partition coefficient (Wildman–Crippen LogP) is 5.05. The fourth-order valence-electron chi connectivity index (χ4n) is 5.98. The van der Waals surface area contributed by atoms with E-state index in [9.17, 15) is 4.39 Å². The quantitative estimate of drug-likeness (QED) is 0.587. The van der Waals surface area contributed by atoms with Gasteiger partial charge in [-0.3, -0.25) is 0 Å². The molecule has 32 heavy (non-hydrogen) atoms. The molecule has 2 saturated heterocycles. The van der Waals surface area contributed by atoms with Gasteiger partial charge in [0.1, 0.15) is 11.5 Å². The molecule has 168 valence electrons. The van der Waals surface area contributed by atoms with Crippen molar-refractivity contribution in [3.8, 4) is 11.3 Å². The molecule has 1 aromatic carbocycles. The first kappa shape index (κ1) is 20.5. The van der Waals surface area contributed by atoms with E-state index in [4.69, 9.17) is 4.74 Å². The van der Waals surface area contributed by atoms with Crippen LogP contribution in [0.5, 0.6) is 0 Å². The fourth-order valence-corrected chi connectivity index (χ4v) is 6.82. The number of fused-ring (bicyclic) bond motifs is 2. The van der Waals surface area contributed by atoms with Gasteiger partial charge in [-0.25, -0.2) is 4.39 Å². The zero-order valence-corrected chi connectivity index (χ0v) is 19.0. The summed E-state index contributed by atoms with van der Waals surface area (Å²) in [6.07, 6.45) is 4.82. The molecule has 0 spiro atoms. The van der Waals surface area contributed by atoms with Crippen molar-refractivity contribution in [1.82, 2.24) is 15.1 Å². The van der Waals surface area contributed by atoms with Crippen LogP contribution in [0.2, 0.25) is 0 Å². The molecule has 4 heterocycles. The Morgan fingerprint density at radius 1 is 1.06 bits per heavy atom. The lowest BCUT2D eigenvalue weighted by atomic mass is 10.00. The van der Waals surface area contributed by atoms with E-state index in [1.54, 1.807) is 23.5 Å². The normalized spacial score (nSPS) is 26.6. The Hall–Kier alpha value is -2.09. The minimum Gasteiger partial charge on any atom is -0.381 e. The zero-order valence-electron chi connectivity index (χ0n) is 18.2. The van der Waals surface area contributed by atoms with Crippen LogP contribution in [0.3, 0.4) is 0 Å². The van der Waals surface area contributed by atoms with Crippen LogP contribution in [-0.4, -0.2) is 54.0 Å². The summed E-state index contributed by atoms with van der Waals surface area (Å²) in [5.74, 6) is 2.95. The predicted molar refractivity (Wildman–Crippen MR) is 126 cm³/mol. The third kappa shape index (κ3) is 3.91. The Kier molecular flexibility index (Phi) is 5.57. The Balaban J connectivity index is 1.13. The maximum absolute atomic E-state index is 14.4. The number of nitrogens with zero attached hydrogens (tertiary/aromatic N) is 3. The minimum absolute atomic E-state index is 0.260. The Morgan fingerprint density at radius 2 is 1.84 bits per heavy atom. The van der Waals surface area contributed by atoms with E-state index in [0.29, 0.717) is 17.3 Å². The third-order valence-electron chi connectivity index (χ3n) is 7.54. The second-order valence-electron chi connectivity index (χ2n) is 9.65. The maximum Gasteiger partial charge on any atom is 0.166 e. The molecule has 0 bridgehead atoms. The highest BCUT2D eigenvalue weighted by atomic mass is 32.1. The summed E-state index contributed by atoms with van der Waals surface area (Å²) < 4.78 is 20.9. The number of halogens is 1. The number of likely N-dealkylation sites (tertiary alicyclic amines) is 1. The van der Waals surface area contributed by atoms with Crippen LogP contribution in [0.1, 0.15) is 25.7 Å². The SMILES string of the molecule is Fc1ccccc1-c1nnc(NC2C[C@@H]3CN(CC4CCOCC4)C[C@@H]3C2)c2sccc12. The van der Waals surface area contributed by atoms with Crippen molar-refractivity contribution >= 4 is 27.2 Å². The van der Waals surface area contributed by atoms with Crippen molar-refractivity contribution in [1.29, 1.82) is 0 Å². The molecule has 3 aliphatic rings. The summed E-state index contributed by atoms with van der Waals surface area (Å²) in [6.45, 7) is 5.57. The topological polar surface area (TPSA) is 50.3 Å². The lowest BCUT2D eigenvalue weighted by Crippen LogP contribution is -2.32. The third-order valence-corrected chi connectivity index (χ3v) is 8.46. The van der Waals surface area contributed by atoms with E-state index in [2.05, 4.69) is 20.4 Å². The number of thiophene rings is 1. The molecule has 3 atom stereocenters. The first-order chi connectivity index (χ1) is 15.7. The molecule has 3 fully saturated rings. The van der Waals surface area contributed by atoms with E-state index >= 15 is 0 Å². The minimum atomic E-state index is -0.260. The molecule has 2 aliphatic heterocycles. The van der Waals surface area contributed by atoms with Crippen LogP contribution < -0.4 is 5.32 Å². The van der Waals surface area contributed by atoms with Crippen LogP contribution in [0.15, 0.2) is 35.7 Å². The van der Waals surface area contributed by atoms with Crippen molar-refractivity contribution < 1.29 is 9.13 Å². The number of benzene rings is 1. The number of rotatable bonds is 5. The number of anilines is 1. The Morgan fingerprint density at radius 3 is 2.62 bits per heavy atom. The van der Waals surface area contributed by atoms with Crippen LogP contribution in [0.25, 0.3) is 21.3 Å². The van der Waals surface area contributed by atoms with E-state index in [0.717, 1.165) is 46.9 Å². The van der Waals surface area contributed by atoms with Gasteiger partial charge >= 0.3 is 0 Å².